The zero-order chi connectivity index (χ0) is 22.6. The van der Waals surface area contributed by atoms with Crippen LogP contribution in [-0.4, -0.2) is 27.7 Å². The van der Waals surface area contributed by atoms with E-state index in [2.05, 4.69) is 0 Å². The molecule has 10 heteroatoms. The molecule has 0 amide bonds. The number of hydrogen-bond acceptors (Lipinski definition) is 6. The van der Waals surface area contributed by atoms with Crippen LogP contribution in [0.4, 0.5) is 0 Å². The summed E-state index contributed by atoms with van der Waals surface area (Å²) >= 11 is 11.7. The van der Waals surface area contributed by atoms with Gasteiger partial charge in [-0.15, -0.1) is 0 Å². The monoisotopic (exact) mass is 494 g/mol. The van der Waals surface area contributed by atoms with E-state index in [1.807, 2.05) is 0 Å². The molecule has 0 atom stereocenters. The summed E-state index contributed by atoms with van der Waals surface area (Å²) in [6.45, 7) is 0. The first-order valence-electron chi connectivity index (χ1n) is 8.68. The van der Waals surface area contributed by atoms with Gasteiger partial charge in [0.2, 0.25) is 25.5 Å². The van der Waals surface area contributed by atoms with Crippen molar-refractivity contribution in [2.45, 2.75) is 9.79 Å². The maximum Gasteiger partial charge on any atom is 0.211 e. The van der Waals surface area contributed by atoms with Gasteiger partial charge in [0.15, 0.2) is 0 Å². The van der Waals surface area contributed by atoms with Crippen molar-refractivity contribution in [3.8, 4) is 0 Å². The Morgan fingerprint density at radius 3 is 2.19 bits per heavy atom. The predicted molar refractivity (Wildman–Crippen MR) is 118 cm³/mol. The first-order valence-corrected chi connectivity index (χ1v) is 12.4. The zero-order valence-electron chi connectivity index (χ0n) is 15.4. The van der Waals surface area contributed by atoms with Crippen molar-refractivity contribution in [1.29, 1.82) is 0 Å². The molecule has 0 radical (unpaired) electrons. The van der Waals surface area contributed by atoms with E-state index in [1.54, 1.807) is 0 Å². The van der Waals surface area contributed by atoms with Gasteiger partial charge in [-0.2, -0.15) is 0 Å². The second-order valence-corrected chi connectivity index (χ2v) is 11.3. The van der Waals surface area contributed by atoms with Crippen molar-refractivity contribution in [3.63, 3.8) is 0 Å². The fourth-order valence-electron chi connectivity index (χ4n) is 3.26. The number of benzene rings is 2. The van der Waals surface area contributed by atoms with Gasteiger partial charge in [-0.1, -0.05) is 41.4 Å². The van der Waals surface area contributed by atoms with Crippen molar-refractivity contribution in [2.24, 2.45) is 0 Å². The number of hydrogen-bond donors (Lipinski definition) is 1. The van der Waals surface area contributed by atoms with Gasteiger partial charge < -0.3 is 5.11 Å². The predicted octanol–water partition coefficient (Wildman–Crippen LogP) is 4.67. The Hall–Kier alpha value is -2.65. The van der Waals surface area contributed by atoms with Crippen molar-refractivity contribution in [3.05, 3.63) is 97.8 Å². The second kappa shape index (κ2) is 7.49. The van der Waals surface area contributed by atoms with E-state index in [9.17, 15) is 26.7 Å². The number of ketones is 1. The van der Waals surface area contributed by atoms with Crippen LogP contribution in [0, 0.1) is 0 Å². The fourth-order valence-corrected chi connectivity index (χ4v) is 6.80. The Bertz CT molecular complexity index is 1490. The number of Topliss-reactive ketones (excluding diaryl/α,β-unsaturated/α-hetero) is 1. The molecule has 0 spiro atoms. The number of carbonyl (C=O) groups excluding carboxylic acids is 1. The lowest BCUT2D eigenvalue weighted by Gasteiger charge is -1.98. The van der Waals surface area contributed by atoms with E-state index in [0.717, 1.165) is 6.08 Å². The van der Waals surface area contributed by atoms with Crippen LogP contribution in [0.15, 0.2) is 86.4 Å². The molecule has 0 saturated heterocycles. The molecule has 0 unspecified atom stereocenters. The van der Waals surface area contributed by atoms with Crippen molar-refractivity contribution >= 4 is 54.4 Å². The minimum atomic E-state index is -3.99. The summed E-state index contributed by atoms with van der Waals surface area (Å²) in [5.41, 5.74) is 0.153. The van der Waals surface area contributed by atoms with E-state index in [1.165, 1.54) is 60.7 Å². The number of sulfone groups is 2. The number of carbonyl (C=O) groups is 1. The van der Waals surface area contributed by atoms with Crippen LogP contribution in [-0.2, 0) is 19.7 Å². The topological polar surface area (TPSA) is 106 Å². The molecule has 0 saturated carbocycles. The maximum absolute atomic E-state index is 12.6. The molecule has 158 valence electrons. The van der Waals surface area contributed by atoms with E-state index in [4.69, 9.17) is 23.2 Å². The van der Waals surface area contributed by atoms with E-state index < -0.39 is 36.1 Å². The average molecular weight is 495 g/mol. The van der Waals surface area contributed by atoms with Crippen LogP contribution < -0.4 is 0 Å². The molecule has 4 rings (SSSR count). The summed E-state index contributed by atoms with van der Waals surface area (Å²) in [6, 6.07) is 8.08. The molecule has 2 heterocycles. The highest BCUT2D eigenvalue weighted by molar-refractivity contribution is 7.97. The van der Waals surface area contributed by atoms with Crippen LogP contribution in [0.1, 0.15) is 15.9 Å². The van der Waals surface area contributed by atoms with Gasteiger partial charge in [0.25, 0.3) is 0 Å². The largest absolute Gasteiger partial charge is 0.506 e. The highest BCUT2D eigenvalue weighted by Gasteiger charge is 2.39. The molecular formula is C21H12Cl2O6S2. The molecule has 0 aromatic heterocycles. The first kappa shape index (κ1) is 21.6. The van der Waals surface area contributed by atoms with Crippen LogP contribution in [0.5, 0.6) is 0 Å². The van der Waals surface area contributed by atoms with Crippen LogP contribution in [0.3, 0.4) is 0 Å². The number of allylic oxidation sites excluding steroid dienone is 6. The fraction of sp³-hybridized carbons (Fsp3) is 0. The highest BCUT2D eigenvalue weighted by Crippen LogP contribution is 2.39. The number of rotatable bonds is 3. The average Bonchev–Trinajstić information content (AvgIpc) is 3.00. The van der Waals surface area contributed by atoms with Gasteiger partial charge in [0.05, 0.1) is 9.79 Å². The number of aliphatic hydroxyl groups is 1. The minimum Gasteiger partial charge on any atom is -0.506 e. The summed E-state index contributed by atoms with van der Waals surface area (Å²) in [5.74, 6) is -1.08. The van der Waals surface area contributed by atoms with Gasteiger partial charge in [-0.05, 0) is 48.6 Å². The van der Waals surface area contributed by atoms with E-state index >= 15 is 0 Å². The Balaban J connectivity index is 1.62. The lowest BCUT2D eigenvalue weighted by molar-refractivity contribution is 0.104. The molecule has 2 aliphatic rings. The van der Waals surface area contributed by atoms with E-state index in [0.29, 0.717) is 0 Å². The number of halogens is 2. The second-order valence-electron chi connectivity index (χ2n) is 6.60. The van der Waals surface area contributed by atoms with Crippen LogP contribution in [0.2, 0.25) is 10.0 Å². The molecule has 0 fully saturated rings. The van der Waals surface area contributed by atoms with Crippen LogP contribution in [0.25, 0.3) is 5.76 Å². The Kier molecular flexibility index (Phi) is 5.21. The molecule has 2 aliphatic heterocycles. The Labute approximate surface area is 188 Å². The summed E-state index contributed by atoms with van der Waals surface area (Å²) in [7, 11) is -7.91. The number of aliphatic hydroxyl groups excluding tert-OH is 1. The molecule has 0 aliphatic carbocycles. The lowest BCUT2D eigenvalue weighted by Crippen LogP contribution is -2.01. The normalized spacial score (nSPS) is 20.2. The highest BCUT2D eigenvalue weighted by atomic mass is 35.5. The molecule has 1 N–H and O–H groups in total. The zero-order valence-corrected chi connectivity index (χ0v) is 18.6. The summed E-state index contributed by atoms with van der Waals surface area (Å²) in [4.78, 5) is 11.5. The third-order valence-electron chi connectivity index (χ3n) is 4.72. The molecule has 0 bridgehead atoms. The lowest BCUT2D eigenvalue weighted by atomic mass is 10.1. The summed E-state index contributed by atoms with van der Waals surface area (Å²) < 4.78 is 50.3. The third kappa shape index (κ3) is 3.45. The molecule has 2 aromatic rings. The molecular weight excluding hydrogens is 483 g/mol. The van der Waals surface area contributed by atoms with Gasteiger partial charge in [-0.25, -0.2) is 16.8 Å². The van der Waals surface area contributed by atoms with Crippen molar-refractivity contribution < 1.29 is 26.7 Å². The summed E-state index contributed by atoms with van der Waals surface area (Å²) in [6.07, 6.45) is 6.24. The third-order valence-corrected chi connectivity index (χ3v) is 8.85. The SMILES string of the molecule is O=C1/C(=C/C=C/C=C/C2=C(O)c3cc(Cl)ccc3S2(=O)=O)S(=O)(=O)c2cc(Cl)ccc21. The van der Waals surface area contributed by atoms with Crippen LogP contribution >= 0.6 is 23.2 Å². The van der Waals surface area contributed by atoms with Gasteiger partial charge in [-0.3, -0.25) is 4.79 Å². The Morgan fingerprint density at radius 2 is 1.45 bits per heavy atom. The quantitative estimate of drug-likeness (QED) is 0.490. The molecule has 6 nitrogen and oxygen atoms in total. The maximum atomic E-state index is 12.6. The number of fused-ring (bicyclic) bond motifs is 2. The summed E-state index contributed by atoms with van der Waals surface area (Å²) in [5, 5.41) is 10.8. The Morgan fingerprint density at radius 1 is 0.774 bits per heavy atom. The molecule has 31 heavy (non-hydrogen) atoms. The van der Waals surface area contributed by atoms with Crippen molar-refractivity contribution in [2.75, 3.05) is 0 Å². The van der Waals surface area contributed by atoms with E-state index in [-0.39, 0.29) is 35.9 Å². The molecule has 2 aromatic carbocycles. The van der Waals surface area contributed by atoms with Crippen molar-refractivity contribution in [1.82, 2.24) is 0 Å². The van der Waals surface area contributed by atoms with Gasteiger partial charge >= 0.3 is 0 Å². The van der Waals surface area contributed by atoms with Gasteiger partial charge in [0, 0.05) is 21.2 Å². The minimum absolute atomic E-state index is 0.0446. The smallest absolute Gasteiger partial charge is 0.211 e. The first-order chi connectivity index (χ1) is 14.5. The van der Waals surface area contributed by atoms with Gasteiger partial charge in [0.1, 0.15) is 15.6 Å². The standard InChI is InChI=1S/C21H12Cl2O6S2/c22-12-7-9-16-15(10-12)21(25)18(30(16,26)27)5-3-1-2-4-17-20(24)14-8-6-13(23)11-19(14)31(17,28)29/h1-11,25H/b2-1+,5-3+,17-4-.